The van der Waals surface area contributed by atoms with Gasteiger partial charge in [-0.25, -0.2) is 0 Å². The van der Waals surface area contributed by atoms with Crippen LogP contribution in [-0.2, 0) is 28.6 Å². The van der Waals surface area contributed by atoms with Crippen molar-refractivity contribution in [3.05, 3.63) is 85.1 Å². The van der Waals surface area contributed by atoms with Crippen LogP contribution in [0.4, 0.5) is 0 Å². The van der Waals surface area contributed by atoms with Crippen LogP contribution in [0.1, 0.15) is 181 Å². The molecule has 0 heterocycles. The average Bonchev–Trinajstić information content (AvgIpc) is 3.22. The standard InChI is InChI=1S/C53H89NO7/c1-6-8-10-12-14-16-18-20-22-24-26-28-29-31-33-35-37-39-41-43-51(55)60-48-49(47-59-46-45-50(53(57)58)54(3,4)5)61-52(56)44-42-40-38-36-34-32-30-27-25-23-21-19-17-15-13-11-9-7-2/h11,13-21,23,25,27,30,49-50H,6-10,12,22,24,26,28-29,31-48H2,1-5H3/b13-11+,16-14+,17-15+,20-18+,21-19+,25-23+,30-27+. The molecule has 8 nitrogen and oxygen atoms in total. The summed E-state index contributed by atoms with van der Waals surface area (Å²) >= 11 is 0. The Bertz CT molecular complexity index is 1270. The zero-order valence-corrected chi connectivity index (χ0v) is 39.5. The number of unbranched alkanes of at least 4 members (excludes halogenated alkanes) is 19. The fraction of sp³-hybridized carbons (Fsp3) is 0.679. The number of hydrogen-bond acceptors (Lipinski definition) is 7. The smallest absolute Gasteiger partial charge is 0.306 e. The molecule has 0 rings (SSSR count). The lowest BCUT2D eigenvalue weighted by molar-refractivity contribution is -0.889. The van der Waals surface area contributed by atoms with Gasteiger partial charge in [0, 0.05) is 19.3 Å². The van der Waals surface area contributed by atoms with Crippen molar-refractivity contribution in [2.45, 2.75) is 193 Å². The monoisotopic (exact) mass is 852 g/mol. The van der Waals surface area contributed by atoms with E-state index in [1.165, 1.54) is 83.5 Å². The molecule has 0 aromatic heterocycles. The molecule has 0 radical (unpaired) electrons. The number of carbonyl (C=O) groups is 3. The molecule has 0 amide bonds. The summed E-state index contributed by atoms with van der Waals surface area (Å²) in [5, 5.41) is 11.6. The Morgan fingerprint density at radius 3 is 1.36 bits per heavy atom. The Labute approximate surface area is 373 Å². The number of nitrogens with zero attached hydrogens (tertiary/aromatic N) is 1. The molecule has 0 aliphatic heterocycles. The van der Waals surface area contributed by atoms with Crippen molar-refractivity contribution in [3.63, 3.8) is 0 Å². The molecule has 0 aliphatic carbocycles. The van der Waals surface area contributed by atoms with Crippen molar-refractivity contribution in [2.75, 3.05) is 41.0 Å². The fourth-order valence-corrected chi connectivity index (χ4v) is 6.62. The number of rotatable bonds is 42. The number of hydrogen-bond donors (Lipinski definition) is 0. The molecule has 0 spiro atoms. The predicted molar refractivity (Wildman–Crippen MR) is 254 cm³/mol. The molecule has 0 aromatic rings. The minimum Gasteiger partial charge on any atom is -0.544 e. The molecular formula is C53H89NO7. The molecule has 2 atom stereocenters. The SMILES string of the molecule is CCC/C=C/C=C/C=C/C=C/C=C/CCCCCCCC(=O)OC(COCCC(C(=O)[O-])[N+](C)(C)C)COC(=O)CCCCCCCCCCCC/C=C/C=C/CCCCC. The number of ether oxygens (including phenoxy) is 3. The van der Waals surface area contributed by atoms with Crippen LogP contribution >= 0.6 is 0 Å². The normalized spacial score (nSPS) is 13.7. The van der Waals surface area contributed by atoms with Crippen LogP contribution in [0.2, 0.25) is 0 Å². The van der Waals surface area contributed by atoms with E-state index in [1.54, 1.807) is 21.1 Å². The molecule has 0 aliphatic rings. The number of quaternary nitrogens is 1. The van der Waals surface area contributed by atoms with Crippen LogP contribution in [0.25, 0.3) is 0 Å². The van der Waals surface area contributed by atoms with E-state index in [9.17, 15) is 19.5 Å². The molecule has 0 saturated carbocycles. The first-order valence-electron chi connectivity index (χ1n) is 24.2. The van der Waals surface area contributed by atoms with Crippen LogP contribution in [0.15, 0.2) is 85.1 Å². The second-order valence-corrected chi connectivity index (χ2v) is 17.1. The molecule has 348 valence electrons. The number of carboxylic acid groups (broad SMARTS) is 1. The van der Waals surface area contributed by atoms with Crippen molar-refractivity contribution in [2.24, 2.45) is 0 Å². The molecule has 8 heteroatoms. The number of allylic oxidation sites excluding steroid dienone is 14. The summed E-state index contributed by atoms with van der Waals surface area (Å²) in [6.07, 6.45) is 56.0. The maximum atomic E-state index is 12.8. The van der Waals surface area contributed by atoms with Crippen LogP contribution < -0.4 is 5.11 Å². The van der Waals surface area contributed by atoms with Crippen LogP contribution in [0.5, 0.6) is 0 Å². The first-order chi connectivity index (χ1) is 29.6. The zero-order chi connectivity index (χ0) is 44.9. The van der Waals surface area contributed by atoms with Gasteiger partial charge in [0.05, 0.1) is 40.3 Å². The van der Waals surface area contributed by atoms with Crippen LogP contribution in [-0.4, -0.2) is 75.5 Å². The fourth-order valence-electron chi connectivity index (χ4n) is 6.62. The Balaban J connectivity index is 4.36. The van der Waals surface area contributed by atoms with Crippen molar-refractivity contribution in [1.82, 2.24) is 0 Å². The van der Waals surface area contributed by atoms with Crippen molar-refractivity contribution in [3.8, 4) is 0 Å². The number of likely N-dealkylation sites (N-methyl/N-ethyl adjacent to an activating group) is 1. The molecule has 61 heavy (non-hydrogen) atoms. The second kappa shape index (κ2) is 43.2. The van der Waals surface area contributed by atoms with E-state index >= 15 is 0 Å². The van der Waals surface area contributed by atoms with Gasteiger partial charge in [-0.15, -0.1) is 0 Å². The van der Waals surface area contributed by atoms with Gasteiger partial charge in [-0.05, 0) is 57.8 Å². The van der Waals surface area contributed by atoms with Crippen molar-refractivity contribution < 1.29 is 38.2 Å². The Morgan fingerprint density at radius 2 is 0.902 bits per heavy atom. The zero-order valence-electron chi connectivity index (χ0n) is 39.5. The summed E-state index contributed by atoms with van der Waals surface area (Å²) in [6, 6.07) is -0.736. The third-order valence-corrected chi connectivity index (χ3v) is 10.4. The van der Waals surface area contributed by atoms with E-state index in [4.69, 9.17) is 14.2 Å². The highest BCUT2D eigenvalue weighted by molar-refractivity contribution is 5.70. The minimum absolute atomic E-state index is 0.0244. The largest absolute Gasteiger partial charge is 0.544 e. The molecule has 2 unspecified atom stereocenters. The first-order valence-corrected chi connectivity index (χ1v) is 24.2. The molecule has 0 fully saturated rings. The third kappa shape index (κ3) is 41.6. The number of aliphatic carboxylic acids is 1. The molecule has 0 bridgehead atoms. The lowest BCUT2D eigenvalue weighted by atomic mass is 10.1. The van der Waals surface area contributed by atoms with Gasteiger partial charge in [-0.1, -0.05) is 189 Å². The Hall–Kier alpha value is -3.49. The van der Waals surface area contributed by atoms with Gasteiger partial charge in [0.2, 0.25) is 0 Å². The highest BCUT2D eigenvalue weighted by Crippen LogP contribution is 2.14. The summed E-state index contributed by atoms with van der Waals surface area (Å²) < 4.78 is 17.2. The van der Waals surface area contributed by atoms with E-state index in [-0.39, 0.29) is 49.1 Å². The second-order valence-electron chi connectivity index (χ2n) is 17.1. The van der Waals surface area contributed by atoms with Crippen molar-refractivity contribution in [1.29, 1.82) is 0 Å². The summed E-state index contributed by atoms with van der Waals surface area (Å²) in [5.74, 6) is -1.78. The van der Waals surface area contributed by atoms with Gasteiger partial charge in [-0.2, -0.15) is 0 Å². The van der Waals surface area contributed by atoms with Crippen molar-refractivity contribution >= 4 is 17.9 Å². The summed E-state index contributed by atoms with van der Waals surface area (Å²) in [7, 11) is 5.39. The van der Waals surface area contributed by atoms with Crippen LogP contribution in [0, 0.1) is 0 Å². The van der Waals surface area contributed by atoms with E-state index < -0.39 is 18.1 Å². The topological polar surface area (TPSA) is 102 Å². The average molecular weight is 852 g/mol. The molecule has 0 N–H and O–H groups in total. The van der Waals surface area contributed by atoms with E-state index in [0.717, 1.165) is 64.2 Å². The quantitative estimate of drug-likeness (QED) is 0.0261. The number of carbonyl (C=O) groups excluding carboxylic acids is 3. The summed E-state index contributed by atoms with van der Waals surface area (Å²) in [6.45, 7) is 4.51. The third-order valence-electron chi connectivity index (χ3n) is 10.4. The van der Waals surface area contributed by atoms with Gasteiger partial charge >= 0.3 is 11.9 Å². The highest BCUT2D eigenvalue weighted by atomic mass is 16.6. The predicted octanol–water partition coefficient (Wildman–Crippen LogP) is 12.4. The Morgan fingerprint density at radius 1 is 0.492 bits per heavy atom. The van der Waals surface area contributed by atoms with Gasteiger partial charge in [0.15, 0.2) is 6.10 Å². The maximum Gasteiger partial charge on any atom is 0.306 e. The highest BCUT2D eigenvalue weighted by Gasteiger charge is 2.25. The van der Waals surface area contributed by atoms with Gasteiger partial charge < -0.3 is 28.6 Å². The van der Waals surface area contributed by atoms with Gasteiger partial charge in [-0.3, -0.25) is 9.59 Å². The van der Waals surface area contributed by atoms with E-state index in [2.05, 4.69) is 62.5 Å². The van der Waals surface area contributed by atoms with Gasteiger partial charge in [0.1, 0.15) is 12.6 Å². The molecule has 0 saturated heterocycles. The van der Waals surface area contributed by atoms with Gasteiger partial charge in [0.25, 0.3) is 0 Å². The lowest BCUT2D eigenvalue weighted by Gasteiger charge is -2.34. The first kappa shape index (κ1) is 57.5. The molecular weight excluding hydrogens is 763 g/mol. The van der Waals surface area contributed by atoms with Crippen LogP contribution in [0.3, 0.4) is 0 Å². The lowest BCUT2D eigenvalue weighted by Crippen LogP contribution is -2.55. The van der Waals surface area contributed by atoms with E-state index in [1.807, 2.05) is 36.5 Å². The maximum absolute atomic E-state index is 12.8. The number of esters is 2. The number of carboxylic acids is 1. The summed E-state index contributed by atoms with van der Waals surface area (Å²) in [5.41, 5.74) is 0. The minimum atomic E-state index is -1.13. The van der Waals surface area contributed by atoms with E-state index in [0.29, 0.717) is 6.42 Å². The summed E-state index contributed by atoms with van der Waals surface area (Å²) in [4.78, 5) is 37.0. The Kier molecular flexibility index (Phi) is 40.7. The molecule has 0 aromatic carbocycles.